The molecular formula is C10H10O2. The Labute approximate surface area is 71.2 Å². The number of benzene rings is 1. The molecule has 1 rings (SSSR count). The Morgan fingerprint density at radius 2 is 1.92 bits per heavy atom. The van der Waals surface area contributed by atoms with Gasteiger partial charge in [0.25, 0.3) is 0 Å². The number of aromatic hydroxyl groups is 1. The van der Waals surface area contributed by atoms with E-state index in [2.05, 4.69) is 0 Å². The number of phenols is 1. The number of rotatable bonds is 2. The van der Waals surface area contributed by atoms with Crippen molar-refractivity contribution in [3.8, 4) is 5.75 Å². The molecule has 0 heterocycles. The van der Waals surface area contributed by atoms with Crippen molar-refractivity contribution in [3.63, 3.8) is 0 Å². The summed E-state index contributed by atoms with van der Waals surface area (Å²) in [5.74, 6) is 0.232. The van der Waals surface area contributed by atoms with Gasteiger partial charge in [-0.3, -0.25) is 4.79 Å². The number of allylic oxidation sites excluding steroid dienone is 1. The second-order valence-corrected chi connectivity index (χ2v) is 2.60. The molecular weight excluding hydrogens is 152 g/mol. The summed E-state index contributed by atoms with van der Waals surface area (Å²) in [6.07, 6.45) is 2.55. The van der Waals surface area contributed by atoms with Gasteiger partial charge in [0.2, 0.25) is 0 Å². The van der Waals surface area contributed by atoms with Crippen LogP contribution in [0.25, 0.3) is 6.08 Å². The molecule has 0 saturated heterocycles. The smallest absolute Gasteiger partial charge is 0.145 e. The van der Waals surface area contributed by atoms with Crippen LogP contribution < -0.4 is 0 Å². The van der Waals surface area contributed by atoms with Gasteiger partial charge < -0.3 is 5.11 Å². The average molecular weight is 162 g/mol. The van der Waals surface area contributed by atoms with Gasteiger partial charge in [0, 0.05) is 0 Å². The minimum absolute atomic E-state index is 0.232. The molecule has 0 saturated carbocycles. The van der Waals surface area contributed by atoms with Crippen LogP contribution in [0, 0.1) is 0 Å². The van der Waals surface area contributed by atoms with Crippen LogP contribution in [-0.2, 0) is 4.79 Å². The molecule has 0 radical (unpaired) electrons. The fraction of sp³-hybridized carbons (Fsp3) is 0.100. The second kappa shape index (κ2) is 3.72. The SMILES string of the molecule is CC(C=O)=Cc1ccc(O)cc1. The van der Waals surface area contributed by atoms with E-state index in [0.29, 0.717) is 5.57 Å². The van der Waals surface area contributed by atoms with Crippen LogP contribution in [0.3, 0.4) is 0 Å². The predicted molar refractivity (Wildman–Crippen MR) is 47.8 cm³/mol. The lowest BCUT2D eigenvalue weighted by Crippen LogP contribution is -1.76. The van der Waals surface area contributed by atoms with Gasteiger partial charge in [-0.05, 0) is 36.3 Å². The largest absolute Gasteiger partial charge is 0.508 e. The molecule has 0 unspecified atom stereocenters. The van der Waals surface area contributed by atoms with Gasteiger partial charge in [0.1, 0.15) is 12.0 Å². The first kappa shape index (κ1) is 8.53. The number of phenolic OH excluding ortho intramolecular Hbond substituents is 1. The number of aldehydes is 1. The molecule has 1 N–H and O–H groups in total. The third-order valence-corrected chi connectivity index (χ3v) is 1.47. The first-order valence-corrected chi connectivity index (χ1v) is 3.65. The topological polar surface area (TPSA) is 37.3 Å². The van der Waals surface area contributed by atoms with Gasteiger partial charge in [-0.2, -0.15) is 0 Å². The Balaban J connectivity index is 2.91. The van der Waals surface area contributed by atoms with Gasteiger partial charge in [0.05, 0.1) is 0 Å². The summed E-state index contributed by atoms with van der Waals surface area (Å²) in [7, 11) is 0. The van der Waals surface area contributed by atoms with E-state index in [-0.39, 0.29) is 5.75 Å². The highest BCUT2D eigenvalue weighted by molar-refractivity contribution is 5.80. The number of hydrogen-bond acceptors (Lipinski definition) is 2. The number of carbonyl (C=O) groups excluding carboxylic acids is 1. The number of hydrogen-bond donors (Lipinski definition) is 1. The molecule has 0 aliphatic heterocycles. The van der Waals surface area contributed by atoms with Crippen molar-refractivity contribution in [2.24, 2.45) is 0 Å². The van der Waals surface area contributed by atoms with Crippen LogP contribution >= 0.6 is 0 Å². The van der Waals surface area contributed by atoms with Crippen LogP contribution in [0.1, 0.15) is 12.5 Å². The highest BCUT2D eigenvalue weighted by atomic mass is 16.3. The minimum Gasteiger partial charge on any atom is -0.508 e. The van der Waals surface area contributed by atoms with E-state index < -0.39 is 0 Å². The maximum atomic E-state index is 10.3. The summed E-state index contributed by atoms with van der Waals surface area (Å²) in [6, 6.07) is 6.68. The fourth-order valence-corrected chi connectivity index (χ4v) is 0.867. The van der Waals surface area contributed by atoms with Crippen molar-refractivity contribution in [1.29, 1.82) is 0 Å². The van der Waals surface area contributed by atoms with E-state index in [1.807, 2.05) is 0 Å². The molecule has 1 aromatic rings. The lowest BCUT2D eigenvalue weighted by atomic mass is 10.1. The molecule has 2 heteroatoms. The minimum atomic E-state index is 0.232. The molecule has 62 valence electrons. The third-order valence-electron chi connectivity index (χ3n) is 1.47. The summed E-state index contributed by atoms with van der Waals surface area (Å²) >= 11 is 0. The maximum absolute atomic E-state index is 10.3. The quantitative estimate of drug-likeness (QED) is 0.533. The summed E-state index contributed by atoms with van der Waals surface area (Å²) < 4.78 is 0. The summed E-state index contributed by atoms with van der Waals surface area (Å²) in [4.78, 5) is 10.3. The van der Waals surface area contributed by atoms with Crippen LogP contribution in [0.5, 0.6) is 5.75 Å². The van der Waals surface area contributed by atoms with Crippen molar-refractivity contribution in [2.45, 2.75) is 6.92 Å². The van der Waals surface area contributed by atoms with Crippen molar-refractivity contribution in [1.82, 2.24) is 0 Å². The summed E-state index contributed by atoms with van der Waals surface area (Å²) in [6.45, 7) is 1.74. The molecule has 1 aromatic carbocycles. The Kier molecular flexibility index (Phi) is 2.64. The zero-order chi connectivity index (χ0) is 8.97. The standard InChI is InChI=1S/C10H10O2/c1-8(7-11)6-9-2-4-10(12)5-3-9/h2-7,12H,1H3. The second-order valence-electron chi connectivity index (χ2n) is 2.60. The fourth-order valence-electron chi connectivity index (χ4n) is 0.867. The van der Waals surface area contributed by atoms with Gasteiger partial charge in [0.15, 0.2) is 0 Å². The monoisotopic (exact) mass is 162 g/mol. The maximum Gasteiger partial charge on any atom is 0.145 e. The summed E-state index contributed by atoms with van der Waals surface area (Å²) in [5.41, 5.74) is 1.58. The molecule has 12 heavy (non-hydrogen) atoms. The molecule has 2 nitrogen and oxygen atoms in total. The summed E-state index contributed by atoms with van der Waals surface area (Å²) in [5, 5.41) is 8.96. The molecule has 0 fully saturated rings. The molecule has 0 aliphatic rings. The van der Waals surface area contributed by atoms with E-state index in [9.17, 15) is 4.79 Å². The first-order chi connectivity index (χ1) is 5.72. The Hall–Kier alpha value is -1.57. The van der Waals surface area contributed by atoms with Crippen LogP contribution in [0.2, 0.25) is 0 Å². The number of carbonyl (C=O) groups is 1. The van der Waals surface area contributed by atoms with Crippen molar-refractivity contribution >= 4 is 12.4 Å². The molecule has 0 aliphatic carbocycles. The van der Waals surface area contributed by atoms with E-state index >= 15 is 0 Å². The Bertz CT molecular complexity index is 296. The molecule has 0 bridgehead atoms. The molecule has 0 aromatic heterocycles. The Morgan fingerprint density at radius 3 is 2.42 bits per heavy atom. The normalized spacial score (nSPS) is 11.2. The molecule has 0 amide bonds. The highest BCUT2D eigenvalue weighted by Gasteiger charge is 1.89. The van der Waals surface area contributed by atoms with E-state index in [1.54, 1.807) is 37.3 Å². The van der Waals surface area contributed by atoms with Crippen molar-refractivity contribution in [2.75, 3.05) is 0 Å². The van der Waals surface area contributed by atoms with E-state index in [0.717, 1.165) is 11.8 Å². The molecule has 0 spiro atoms. The third kappa shape index (κ3) is 2.23. The Morgan fingerprint density at radius 1 is 1.33 bits per heavy atom. The molecule has 0 atom stereocenters. The van der Waals surface area contributed by atoms with E-state index in [4.69, 9.17) is 5.11 Å². The highest BCUT2D eigenvalue weighted by Crippen LogP contribution is 2.11. The predicted octanol–water partition coefficient (Wildman–Crippen LogP) is 1.99. The lowest BCUT2D eigenvalue weighted by Gasteiger charge is -1.94. The van der Waals surface area contributed by atoms with Crippen molar-refractivity contribution in [3.05, 3.63) is 35.4 Å². The van der Waals surface area contributed by atoms with Crippen LogP contribution in [0.15, 0.2) is 29.8 Å². The van der Waals surface area contributed by atoms with Gasteiger partial charge >= 0.3 is 0 Å². The van der Waals surface area contributed by atoms with Crippen LogP contribution in [0.4, 0.5) is 0 Å². The van der Waals surface area contributed by atoms with Gasteiger partial charge in [-0.25, -0.2) is 0 Å². The lowest BCUT2D eigenvalue weighted by molar-refractivity contribution is -0.104. The average Bonchev–Trinajstić information content (AvgIpc) is 2.09. The first-order valence-electron chi connectivity index (χ1n) is 3.65. The zero-order valence-electron chi connectivity index (χ0n) is 6.82. The van der Waals surface area contributed by atoms with Crippen LogP contribution in [-0.4, -0.2) is 11.4 Å². The van der Waals surface area contributed by atoms with Gasteiger partial charge in [-0.15, -0.1) is 0 Å². The van der Waals surface area contributed by atoms with Gasteiger partial charge in [-0.1, -0.05) is 12.1 Å². The zero-order valence-corrected chi connectivity index (χ0v) is 6.82. The van der Waals surface area contributed by atoms with Crippen molar-refractivity contribution < 1.29 is 9.90 Å². The van der Waals surface area contributed by atoms with E-state index in [1.165, 1.54) is 0 Å².